The van der Waals surface area contributed by atoms with E-state index in [9.17, 15) is 4.79 Å². The summed E-state index contributed by atoms with van der Waals surface area (Å²) in [7, 11) is 0. The Morgan fingerprint density at radius 3 is 2.31 bits per heavy atom. The van der Waals surface area contributed by atoms with Gasteiger partial charge in [-0.3, -0.25) is 9.69 Å². The van der Waals surface area contributed by atoms with E-state index < -0.39 is 0 Å². The molecular formula is C22H29N5O2. The largest absolute Gasteiger partial charge is 0.378 e. The quantitative estimate of drug-likeness (QED) is 0.791. The van der Waals surface area contributed by atoms with Gasteiger partial charge in [0.25, 0.3) is 5.91 Å². The fraction of sp³-hybridized carbons (Fsp3) is 0.500. The van der Waals surface area contributed by atoms with Crippen molar-refractivity contribution < 1.29 is 9.53 Å². The lowest BCUT2D eigenvalue weighted by molar-refractivity contribution is 0.0595. The molecule has 7 nitrogen and oxygen atoms in total. The zero-order valence-electron chi connectivity index (χ0n) is 17.3. The van der Waals surface area contributed by atoms with Gasteiger partial charge in [-0.1, -0.05) is 12.1 Å². The standard InChI is InChI=1S/C22H29N5O2/c1-17(2)25-9-11-26(12-10-25)21(28)19-5-3-18(4-6-19)20-7-8-23-22(24-20)27-13-15-29-16-14-27/h3-8,17H,9-16H2,1-2H3. The van der Waals surface area contributed by atoms with E-state index in [1.165, 1.54) is 0 Å². The summed E-state index contributed by atoms with van der Waals surface area (Å²) in [4.78, 5) is 28.5. The predicted octanol–water partition coefficient (Wildman–Crippen LogP) is 2.15. The maximum atomic E-state index is 12.8. The minimum atomic E-state index is 0.108. The molecule has 29 heavy (non-hydrogen) atoms. The molecule has 0 atom stereocenters. The van der Waals surface area contributed by atoms with Crippen molar-refractivity contribution in [3.8, 4) is 11.3 Å². The van der Waals surface area contributed by atoms with E-state index in [-0.39, 0.29) is 5.91 Å². The van der Waals surface area contributed by atoms with Gasteiger partial charge in [-0.25, -0.2) is 9.97 Å². The molecule has 0 radical (unpaired) electrons. The topological polar surface area (TPSA) is 61.8 Å². The smallest absolute Gasteiger partial charge is 0.253 e. The average Bonchev–Trinajstić information content (AvgIpc) is 2.79. The number of aromatic nitrogens is 2. The maximum Gasteiger partial charge on any atom is 0.253 e. The van der Waals surface area contributed by atoms with E-state index in [1.807, 2.05) is 35.2 Å². The lowest BCUT2D eigenvalue weighted by atomic mass is 10.1. The number of rotatable bonds is 4. The molecule has 0 unspecified atom stereocenters. The van der Waals surface area contributed by atoms with Gasteiger partial charge >= 0.3 is 0 Å². The second kappa shape index (κ2) is 8.88. The highest BCUT2D eigenvalue weighted by Gasteiger charge is 2.23. The SMILES string of the molecule is CC(C)N1CCN(C(=O)c2ccc(-c3ccnc(N4CCOCC4)n3)cc2)CC1. The fourth-order valence-electron chi connectivity index (χ4n) is 3.83. The lowest BCUT2D eigenvalue weighted by Crippen LogP contribution is -2.50. The number of carbonyl (C=O) groups excluding carboxylic acids is 1. The molecule has 0 spiro atoms. The van der Waals surface area contributed by atoms with E-state index in [1.54, 1.807) is 6.20 Å². The van der Waals surface area contributed by atoms with Gasteiger partial charge in [0.2, 0.25) is 5.95 Å². The molecule has 1 aromatic carbocycles. The van der Waals surface area contributed by atoms with Crippen LogP contribution in [0.4, 0.5) is 5.95 Å². The third kappa shape index (κ3) is 4.57. The van der Waals surface area contributed by atoms with Crippen molar-refractivity contribution in [3.63, 3.8) is 0 Å². The van der Waals surface area contributed by atoms with Crippen molar-refractivity contribution in [3.05, 3.63) is 42.1 Å². The van der Waals surface area contributed by atoms with Crippen molar-refractivity contribution >= 4 is 11.9 Å². The van der Waals surface area contributed by atoms with Gasteiger partial charge in [-0.05, 0) is 32.0 Å². The number of hydrogen-bond acceptors (Lipinski definition) is 6. The first-order valence-corrected chi connectivity index (χ1v) is 10.4. The second-order valence-corrected chi connectivity index (χ2v) is 7.84. The van der Waals surface area contributed by atoms with Crippen LogP contribution in [0.2, 0.25) is 0 Å². The Hall–Kier alpha value is -2.51. The van der Waals surface area contributed by atoms with Gasteiger partial charge in [0, 0.05) is 62.6 Å². The lowest BCUT2D eigenvalue weighted by Gasteiger charge is -2.37. The molecule has 0 N–H and O–H groups in total. The Kier molecular flexibility index (Phi) is 6.06. The first kappa shape index (κ1) is 19.8. The van der Waals surface area contributed by atoms with Crippen LogP contribution in [0.1, 0.15) is 24.2 Å². The first-order chi connectivity index (χ1) is 14.1. The Bertz CT molecular complexity index is 825. The minimum Gasteiger partial charge on any atom is -0.378 e. The van der Waals surface area contributed by atoms with Crippen LogP contribution in [-0.2, 0) is 4.74 Å². The van der Waals surface area contributed by atoms with Crippen LogP contribution in [-0.4, -0.2) is 84.2 Å². The fourth-order valence-corrected chi connectivity index (χ4v) is 3.83. The van der Waals surface area contributed by atoms with E-state index in [4.69, 9.17) is 9.72 Å². The molecule has 4 rings (SSSR count). The normalized spacial score (nSPS) is 18.3. The number of anilines is 1. The van der Waals surface area contributed by atoms with Crippen molar-refractivity contribution in [1.82, 2.24) is 19.8 Å². The van der Waals surface area contributed by atoms with Crippen LogP contribution in [0.3, 0.4) is 0 Å². The van der Waals surface area contributed by atoms with Crippen molar-refractivity contribution in [2.24, 2.45) is 0 Å². The van der Waals surface area contributed by atoms with Gasteiger partial charge in [-0.15, -0.1) is 0 Å². The molecule has 2 aliphatic heterocycles. The third-order valence-corrected chi connectivity index (χ3v) is 5.70. The number of ether oxygens (including phenoxy) is 1. The van der Waals surface area contributed by atoms with Crippen LogP contribution in [0.25, 0.3) is 11.3 Å². The Morgan fingerprint density at radius 2 is 1.66 bits per heavy atom. The average molecular weight is 396 g/mol. The highest BCUT2D eigenvalue weighted by molar-refractivity contribution is 5.94. The Morgan fingerprint density at radius 1 is 0.966 bits per heavy atom. The monoisotopic (exact) mass is 395 g/mol. The number of piperazine rings is 1. The maximum absolute atomic E-state index is 12.8. The minimum absolute atomic E-state index is 0.108. The zero-order chi connectivity index (χ0) is 20.2. The molecule has 1 amide bonds. The molecular weight excluding hydrogens is 366 g/mol. The van der Waals surface area contributed by atoms with Crippen molar-refractivity contribution in [2.45, 2.75) is 19.9 Å². The van der Waals surface area contributed by atoms with Crippen LogP contribution in [0.5, 0.6) is 0 Å². The first-order valence-electron chi connectivity index (χ1n) is 10.4. The van der Waals surface area contributed by atoms with Gasteiger partial charge in [0.15, 0.2) is 0 Å². The summed E-state index contributed by atoms with van der Waals surface area (Å²) in [6, 6.07) is 10.2. The molecule has 2 fully saturated rings. The van der Waals surface area contributed by atoms with Crippen LogP contribution < -0.4 is 4.90 Å². The molecule has 2 aliphatic rings. The number of morpholine rings is 1. The summed E-state index contributed by atoms with van der Waals surface area (Å²) in [5.41, 5.74) is 2.59. The highest BCUT2D eigenvalue weighted by Crippen LogP contribution is 2.21. The Labute approximate surface area is 172 Å². The van der Waals surface area contributed by atoms with E-state index in [0.29, 0.717) is 19.3 Å². The summed E-state index contributed by atoms with van der Waals surface area (Å²) in [5, 5.41) is 0. The van der Waals surface area contributed by atoms with Crippen molar-refractivity contribution in [1.29, 1.82) is 0 Å². The predicted molar refractivity (Wildman–Crippen MR) is 113 cm³/mol. The molecule has 2 saturated heterocycles. The molecule has 3 heterocycles. The van der Waals surface area contributed by atoms with Gasteiger partial charge in [0.1, 0.15) is 0 Å². The molecule has 7 heteroatoms. The van der Waals surface area contributed by atoms with E-state index in [2.05, 4.69) is 28.6 Å². The molecule has 2 aromatic rings. The van der Waals surface area contributed by atoms with Crippen LogP contribution in [0, 0.1) is 0 Å². The number of nitrogens with zero attached hydrogens (tertiary/aromatic N) is 5. The number of benzene rings is 1. The summed E-state index contributed by atoms with van der Waals surface area (Å²) >= 11 is 0. The molecule has 0 aliphatic carbocycles. The number of amides is 1. The van der Waals surface area contributed by atoms with Crippen LogP contribution >= 0.6 is 0 Å². The third-order valence-electron chi connectivity index (χ3n) is 5.70. The van der Waals surface area contributed by atoms with Gasteiger partial charge < -0.3 is 14.5 Å². The number of carbonyl (C=O) groups is 1. The highest BCUT2D eigenvalue weighted by atomic mass is 16.5. The molecule has 0 saturated carbocycles. The van der Waals surface area contributed by atoms with Gasteiger partial charge in [-0.2, -0.15) is 0 Å². The second-order valence-electron chi connectivity index (χ2n) is 7.84. The van der Waals surface area contributed by atoms with Crippen LogP contribution in [0.15, 0.2) is 36.5 Å². The summed E-state index contributed by atoms with van der Waals surface area (Å²) < 4.78 is 5.40. The summed E-state index contributed by atoms with van der Waals surface area (Å²) in [6.45, 7) is 10.9. The summed E-state index contributed by atoms with van der Waals surface area (Å²) in [6.07, 6.45) is 1.79. The number of hydrogen-bond donors (Lipinski definition) is 0. The summed E-state index contributed by atoms with van der Waals surface area (Å²) in [5.74, 6) is 0.839. The van der Waals surface area contributed by atoms with E-state index >= 15 is 0 Å². The molecule has 154 valence electrons. The Balaban J connectivity index is 1.43. The van der Waals surface area contributed by atoms with Gasteiger partial charge in [0.05, 0.1) is 18.9 Å². The molecule has 0 bridgehead atoms. The van der Waals surface area contributed by atoms with Crippen molar-refractivity contribution in [2.75, 3.05) is 57.4 Å². The van der Waals surface area contributed by atoms with E-state index in [0.717, 1.165) is 62.0 Å². The zero-order valence-corrected chi connectivity index (χ0v) is 17.3. The molecule has 1 aromatic heterocycles.